The predicted octanol–water partition coefficient (Wildman–Crippen LogP) is 5.00. The number of nitrogens with one attached hydrogen (secondary N) is 1. The Labute approximate surface area is 154 Å². The Kier molecular flexibility index (Phi) is 4.17. The monoisotopic (exact) mass is 364 g/mol. The molecule has 0 aliphatic heterocycles. The summed E-state index contributed by atoms with van der Waals surface area (Å²) in [7, 11) is 0. The number of fused-ring (bicyclic) bond motifs is 1. The molecule has 0 unspecified atom stereocenters. The summed E-state index contributed by atoms with van der Waals surface area (Å²) in [5, 5.41) is 0.638. The van der Waals surface area contributed by atoms with E-state index in [0.29, 0.717) is 17.6 Å². The number of aromatic amines is 1. The van der Waals surface area contributed by atoms with Crippen LogP contribution in [0.1, 0.15) is 21.8 Å². The highest BCUT2D eigenvalue weighted by Crippen LogP contribution is 2.35. The van der Waals surface area contributed by atoms with Gasteiger partial charge in [-0.2, -0.15) is 0 Å². The fraction of sp³-hybridized carbons (Fsp3) is 0.143. The zero-order valence-corrected chi connectivity index (χ0v) is 15.3. The third-order valence-corrected chi connectivity index (χ3v) is 5.41. The fourth-order valence-corrected chi connectivity index (χ4v) is 4.18. The van der Waals surface area contributed by atoms with Gasteiger partial charge >= 0.3 is 0 Å². The van der Waals surface area contributed by atoms with E-state index in [1.54, 1.807) is 12.1 Å². The van der Waals surface area contributed by atoms with Crippen LogP contribution < -0.4 is 5.56 Å². The first-order chi connectivity index (χ1) is 12.5. The van der Waals surface area contributed by atoms with E-state index in [9.17, 15) is 9.18 Å². The van der Waals surface area contributed by atoms with Crippen molar-refractivity contribution in [2.24, 2.45) is 0 Å². The molecule has 0 aliphatic carbocycles. The van der Waals surface area contributed by atoms with Crippen LogP contribution in [-0.2, 0) is 6.42 Å². The number of aryl methyl sites for hydroxylation is 2. The van der Waals surface area contributed by atoms with Crippen molar-refractivity contribution in [1.29, 1.82) is 0 Å². The molecule has 2 aromatic carbocycles. The number of hydrogen-bond acceptors (Lipinski definition) is 3. The van der Waals surface area contributed by atoms with Crippen LogP contribution in [-0.4, -0.2) is 9.97 Å². The van der Waals surface area contributed by atoms with E-state index >= 15 is 0 Å². The standard InChI is InChI=1S/C21H17FN2OS/c1-12-3-7-15(8-4-12)18-13(2)26-21-19(18)20(25)23-17(24-21)11-14-5-9-16(22)10-6-14/h3-10H,11H2,1-2H3,(H,23,24,25). The normalized spacial score (nSPS) is 11.2. The first-order valence-electron chi connectivity index (χ1n) is 8.35. The SMILES string of the molecule is Cc1ccc(-c2c(C)sc3nc(Cc4ccc(F)cc4)[nH]c(=O)c23)cc1. The van der Waals surface area contributed by atoms with Crippen LogP contribution in [0.4, 0.5) is 4.39 Å². The number of aromatic nitrogens is 2. The number of rotatable bonds is 3. The van der Waals surface area contributed by atoms with Crippen molar-refractivity contribution < 1.29 is 4.39 Å². The van der Waals surface area contributed by atoms with Gasteiger partial charge in [0.1, 0.15) is 16.5 Å². The van der Waals surface area contributed by atoms with Crippen LogP contribution in [0.15, 0.2) is 53.3 Å². The zero-order chi connectivity index (χ0) is 18.3. The Morgan fingerprint density at radius 3 is 2.42 bits per heavy atom. The summed E-state index contributed by atoms with van der Waals surface area (Å²) in [6, 6.07) is 14.4. The fourth-order valence-electron chi connectivity index (χ4n) is 3.11. The number of nitrogens with zero attached hydrogens (tertiary/aromatic N) is 1. The molecule has 0 aliphatic rings. The molecule has 1 N–H and O–H groups in total. The van der Waals surface area contributed by atoms with Crippen LogP contribution >= 0.6 is 11.3 Å². The minimum Gasteiger partial charge on any atom is -0.310 e. The van der Waals surface area contributed by atoms with Crippen LogP contribution in [0.5, 0.6) is 0 Å². The van der Waals surface area contributed by atoms with Crippen molar-refractivity contribution in [3.8, 4) is 11.1 Å². The number of hydrogen-bond donors (Lipinski definition) is 1. The Morgan fingerprint density at radius 2 is 1.73 bits per heavy atom. The Hall–Kier alpha value is -2.79. The Bertz CT molecular complexity index is 1140. The number of H-pyrrole nitrogens is 1. The molecule has 4 aromatic rings. The maximum absolute atomic E-state index is 13.1. The highest BCUT2D eigenvalue weighted by atomic mass is 32.1. The number of thiophene rings is 1. The molecule has 0 spiro atoms. The summed E-state index contributed by atoms with van der Waals surface area (Å²) in [6.45, 7) is 4.05. The van der Waals surface area contributed by atoms with Gasteiger partial charge in [0.15, 0.2) is 0 Å². The molecule has 2 aromatic heterocycles. The van der Waals surface area contributed by atoms with Crippen molar-refractivity contribution in [2.75, 3.05) is 0 Å². The van der Waals surface area contributed by atoms with E-state index < -0.39 is 0 Å². The number of halogens is 1. The lowest BCUT2D eigenvalue weighted by Crippen LogP contribution is -2.11. The van der Waals surface area contributed by atoms with Crippen molar-refractivity contribution in [2.45, 2.75) is 20.3 Å². The third kappa shape index (κ3) is 3.06. The zero-order valence-electron chi connectivity index (χ0n) is 14.5. The van der Waals surface area contributed by atoms with Gasteiger partial charge in [0.25, 0.3) is 5.56 Å². The highest BCUT2D eigenvalue weighted by Gasteiger charge is 2.16. The third-order valence-electron chi connectivity index (χ3n) is 4.41. The van der Waals surface area contributed by atoms with Crippen molar-refractivity contribution in [3.05, 3.63) is 86.5 Å². The molecule has 4 rings (SSSR count). The molecule has 0 radical (unpaired) electrons. The van der Waals surface area contributed by atoms with Gasteiger partial charge in [-0.25, -0.2) is 9.37 Å². The molecule has 2 heterocycles. The van der Waals surface area contributed by atoms with Crippen LogP contribution in [0.2, 0.25) is 0 Å². The lowest BCUT2D eigenvalue weighted by atomic mass is 10.0. The van der Waals surface area contributed by atoms with Gasteiger partial charge in [0, 0.05) is 16.9 Å². The summed E-state index contributed by atoms with van der Waals surface area (Å²) < 4.78 is 13.1. The first kappa shape index (κ1) is 16.7. The first-order valence-corrected chi connectivity index (χ1v) is 9.16. The topological polar surface area (TPSA) is 45.8 Å². The second-order valence-corrected chi connectivity index (χ2v) is 7.60. The lowest BCUT2D eigenvalue weighted by Gasteiger charge is -2.04. The van der Waals surface area contributed by atoms with E-state index in [1.807, 2.05) is 38.1 Å². The Morgan fingerprint density at radius 1 is 1.04 bits per heavy atom. The molecular weight excluding hydrogens is 347 g/mol. The summed E-state index contributed by atoms with van der Waals surface area (Å²) in [4.78, 5) is 22.1. The predicted molar refractivity (Wildman–Crippen MR) is 104 cm³/mol. The van der Waals surface area contributed by atoms with Gasteiger partial charge in [-0.15, -0.1) is 11.3 Å². The van der Waals surface area contributed by atoms with E-state index in [2.05, 4.69) is 9.97 Å². The molecule has 130 valence electrons. The summed E-state index contributed by atoms with van der Waals surface area (Å²) in [5.41, 5.74) is 3.93. The summed E-state index contributed by atoms with van der Waals surface area (Å²) in [6.07, 6.45) is 0.461. The molecule has 0 fully saturated rings. The van der Waals surface area contributed by atoms with Crippen molar-refractivity contribution in [3.63, 3.8) is 0 Å². The molecular formula is C21H17FN2OS. The molecule has 0 saturated heterocycles. The minimum absolute atomic E-state index is 0.132. The van der Waals surface area contributed by atoms with Gasteiger partial charge < -0.3 is 4.98 Å². The molecule has 0 saturated carbocycles. The van der Waals surface area contributed by atoms with Crippen molar-refractivity contribution >= 4 is 21.6 Å². The number of benzene rings is 2. The van der Waals surface area contributed by atoms with Gasteiger partial charge in [-0.05, 0) is 37.1 Å². The molecule has 0 atom stereocenters. The van der Waals surface area contributed by atoms with E-state index in [1.165, 1.54) is 29.0 Å². The summed E-state index contributed by atoms with van der Waals surface area (Å²) in [5.74, 6) is 0.313. The molecule has 0 amide bonds. The smallest absolute Gasteiger partial charge is 0.260 e. The quantitative estimate of drug-likeness (QED) is 0.556. The highest BCUT2D eigenvalue weighted by molar-refractivity contribution is 7.19. The molecule has 0 bridgehead atoms. The van der Waals surface area contributed by atoms with Crippen LogP contribution in [0.3, 0.4) is 0 Å². The molecule has 26 heavy (non-hydrogen) atoms. The second kappa shape index (κ2) is 6.50. The minimum atomic E-state index is -0.276. The second-order valence-electron chi connectivity index (χ2n) is 6.40. The van der Waals surface area contributed by atoms with Crippen LogP contribution in [0.25, 0.3) is 21.3 Å². The Balaban J connectivity index is 1.80. The van der Waals surface area contributed by atoms with E-state index in [4.69, 9.17) is 0 Å². The largest absolute Gasteiger partial charge is 0.310 e. The maximum Gasteiger partial charge on any atom is 0.260 e. The van der Waals surface area contributed by atoms with Gasteiger partial charge in [0.2, 0.25) is 0 Å². The molecule has 3 nitrogen and oxygen atoms in total. The van der Waals surface area contributed by atoms with Gasteiger partial charge in [-0.3, -0.25) is 4.79 Å². The molecule has 5 heteroatoms. The lowest BCUT2D eigenvalue weighted by molar-refractivity contribution is 0.627. The van der Waals surface area contributed by atoms with Gasteiger partial charge in [0.05, 0.1) is 5.39 Å². The van der Waals surface area contributed by atoms with Gasteiger partial charge in [-0.1, -0.05) is 42.0 Å². The maximum atomic E-state index is 13.1. The van der Waals surface area contributed by atoms with Crippen molar-refractivity contribution in [1.82, 2.24) is 9.97 Å². The van der Waals surface area contributed by atoms with E-state index in [0.717, 1.165) is 26.4 Å². The average molecular weight is 364 g/mol. The average Bonchev–Trinajstić information content (AvgIpc) is 2.94. The van der Waals surface area contributed by atoms with E-state index in [-0.39, 0.29) is 11.4 Å². The summed E-state index contributed by atoms with van der Waals surface area (Å²) >= 11 is 1.53. The van der Waals surface area contributed by atoms with Crippen LogP contribution in [0, 0.1) is 19.7 Å².